The van der Waals surface area contributed by atoms with E-state index in [1.807, 2.05) is 16.4 Å². The predicted octanol–water partition coefficient (Wildman–Crippen LogP) is 3.11. The molecule has 80 valence electrons. The molecule has 14 heavy (non-hydrogen) atoms. The van der Waals surface area contributed by atoms with Crippen molar-refractivity contribution in [3.05, 3.63) is 12.7 Å². The summed E-state index contributed by atoms with van der Waals surface area (Å²) in [5, 5.41) is 4.62. The van der Waals surface area contributed by atoms with E-state index in [9.17, 15) is 0 Å². The molecule has 0 aromatic carbocycles. The maximum absolute atomic E-state index is 4.20. The lowest BCUT2D eigenvalue weighted by Crippen LogP contribution is -2.15. The minimum atomic E-state index is 0.270. The normalized spacial score (nSPS) is 14.3. The minimum absolute atomic E-state index is 0.270. The first-order valence-electron chi connectivity index (χ1n) is 5.05. The van der Waals surface area contributed by atoms with E-state index in [4.69, 9.17) is 0 Å². The van der Waals surface area contributed by atoms with Crippen LogP contribution in [0.3, 0.4) is 0 Å². The van der Waals surface area contributed by atoms with Crippen LogP contribution in [0.25, 0.3) is 0 Å². The van der Waals surface area contributed by atoms with Crippen molar-refractivity contribution in [2.75, 3.05) is 0 Å². The van der Waals surface area contributed by atoms with Gasteiger partial charge in [-0.05, 0) is 6.42 Å². The standard InChI is InChI=1S/C10H19N3S/c1-5-6-9(14-10(2,3)4)13-8-11-7-12-13/h7-9H,5-6H2,1-4H3. The quantitative estimate of drug-likeness (QED) is 0.770. The van der Waals surface area contributed by atoms with Crippen LogP contribution in [0.5, 0.6) is 0 Å². The average Bonchev–Trinajstić information content (AvgIpc) is 2.52. The van der Waals surface area contributed by atoms with Crippen LogP contribution >= 0.6 is 11.8 Å². The summed E-state index contributed by atoms with van der Waals surface area (Å²) in [6.07, 6.45) is 5.73. The molecule has 0 bridgehead atoms. The highest BCUT2D eigenvalue weighted by atomic mass is 32.2. The van der Waals surface area contributed by atoms with Gasteiger partial charge in [0.25, 0.3) is 0 Å². The van der Waals surface area contributed by atoms with E-state index in [1.165, 1.54) is 6.42 Å². The highest BCUT2D eigenvalue weighted by Gasteiger charge is 2.20. The zero-order chi connectivity index (χ0) is 10.6. The molecule has 3 nitrogen and oxygen atoms in total. The summed E-state index contributed by atoms with van der Waals surface area (Å²) in [5.41, 5.74) is 0. The van der Waals surface area contributed by atoms with Crippen LogP contribution in [-0.4, -0.2) is 19.5 Å². The second kappa shape index (κ2) is 4.82. The Hall–Kier alpha value is -0.510. The van der Waals surface area contributed by atoms with Crippen molar-refractivity contribution in [3.8, 4) is 0 Å². The summed E-state index contributed by atoms with van der Waals surface area (Å²) in [6.45, 7) is 8.90. The molecule has 1 aromatic rings. The average molecular weight is 213 g/mol. The SMILES string of the molecule is CCCC(SC(C)(C)C)n1cncn1. The van der Waals surface area contributed by atoms with E-state index in [0.717, 1.165) is 6.42 Å². The predicted molar refractivity (Wildman–Crippen MR) is 61.3 cm³/mol. The largest absolute Gasteiger partial charge is 0.240 e. The Balaban J connectivity index is 2.65. The summed E-state index contributed by atoms with van der Waals surface area (Å²) < 4.78 is 2.23. The highest BCUT2D eigenvalue weighted by Crippen LogP contribution is 2.36. The second-order valence-electron chi connectivity index (χ2n) is 4.35. The molecule has 0 fully saturated rings. The van der Waals surface area contributed by atoms with Crippen molar-refractivity contribution in [1.82, 2.24) is 14.8 Å². The van der Waals surface area contributed by atoms with E-state index in [-0.39, 0.29) is 4.75 Å². The molecular formula is C10H19N3S. The summed E-state index contributed by atoms with van der Waals surface area (Å²) in [7, 11) is 0. The molecule has 0 amide bonds. The molecule has 0 spiro atoms. The van der Waals surface area contributed by atoms with Gasteiger partial charge in [0.1, 0.15) is 12.7 Å². The van der Waals surface area contributed by atoms with Crippen molar-refractivity contribution < 1.29 is 0 Å². The number of nitrogens with zero attached hydrogens (tertiary/aromatic N) is 3. The molecule has 1 atom stereocenters. The van der Waals surface area contributed by atoms with Crippen molar-refractivity contribution in [1.29, 1.82) is 0 Å². The Kier molecular flexibility index (Phi) is 3.98. The van der Waals surface area contributed by atoms with Gasteiger partial charge in [-0.25, -0.2) is 9.67 Å². The van der Waals surface area contributed by atoms with Crippen molar-refractivity contribution in [2.45, 2.75) is 50.7 Å². The molecule has 0 saturated heterocycles. The van der Waals surface area contributed by atoms with Gasteiger partial charge in [0, 0.05) is 4.75 Å². The zero-order valence-corrected chi connectivity index (χ0v) is 10.2. The van der Waals surface area contributed by atoms with Gasteiger partial charge in [-0.3, -0.25) is 0 Å². The first-order valence-corrected chi connectivity index (χ1v) is 5.93. The summed E-state index contributed by atoms with van der Waals surface area (Å²) in [6, 6.07) is 0. The molecule has 0 aliphatic carbocycles. The van der Waals surface area contributed by atoms with Gasteiger partial charge in [-0.15, -0.1) is 11.8 Å². The zero-order valence-electron chi connectivity index (χ0n) is 9.40. The van der Waals surface area contributed by atoms with Gasteiger partial charge in [0.2, 0.25) is 0 Å². The van der Waals surface area contributed by atoms with Crippen molar-refractivity contribution >= 4 is 11.8 Å². The number of hydrogen-bond donors (Lipinski definition) is 0. The van der Waals surface area contributed by atoms with Crippen LogP contribution in [0.2, 0.25) is 0 Å². The number of thioether (sulfide) groups is 1. The lowest BCUT2D eigenvalue weighted by Gasteiger charge is -2.25. The van der Waals surface area contributed by atoms with Crippen LogP contribution in [0.1, 0.15) is 45.9 Å². The van der Waals surface area contributed by atoms with Crippen molar-refractivity contribution in [3.63, 3.8) is 0 Å². The molecule has 1 unspecified atom stereocenters. The molecule has 0 aliphatic rings. The molecule has 4 heteroatoms. The lowest BCUT2D eigenvalue weighted by molar-refractivity contribution is 0.547. The third-order valence-electron chi connectivity index (χ3n) is 1.76. The van der Waals surface area contributed by atoms with E-state index in [2.05, 4.69) is 37.8 Å². The number of aromatic nitrogens is 3. The van der Waals surface area contributed by atoms with E-state index >= 15 is 0 Å². The monoisotopic (exact) mass is 213 g/mol. The Labute approximate surface area is 90.3 Å². The van der Waals surface area contributed by atoms with Gasteiger partial charge >= 0.3 is 0 Å². The molecule has 0 N–H and O–H groups in total. The fraction of sp³-hybridized carbons (Fsp3) is 0.800. The highest BCUT2D eigenvalue weighted by molar-refractivity contribution is 8.00. The molecule has 0 radical (unpaired) electrons. The Morgan fingerprint density at radius 1 is 1.43 bits per heavy atom. The van der Waals surface area contributed by atoms with E-state index in [0.29, 0.717) is 5.37 Å². The topological polar surface area (TPSA) is 30.7 Å². The van der Waals surface area contributed by atoms with Crippen molar-refractivity contribution in [2.24, 2.45) is 0 Å². The second-order valence-corrected chi connectivity index (χ2v) is 6.35. The fourth-order valence-electron chi connectivity index (χ4n) is 1.27. The first-order chi connectivity index (χ1) is 6.53. The molecule has 0 aliphatic heterocycles. The molecule has 1 rings (SSSR count). The fourth-order valence-corrected chi connectivity index (χ4v) is 2.65. The van der Waals surface area contributed by atoms with Gasteiger partial charge in [-0.1, -0.05) is 34.1 Å². The summed E-state index contributed by atoms with van der Waals surface area (Å²) in [5.74, 6) is 0. The lowest BCUT2D eigenvalue weighted by atomic mass is 10.3. The molecule has 1 heterocycles. The number of rotatable bonds is 4. The van der Waals surface area contributed by atoms with Gasteiger partial charge in [-0.2, -0.15) is 5.10 Å². The van der Waals surface area contributed by atoms with Gasteiger partial charge < -0.3 is 0 Å². The van der Waals surface area contributed by atoms with Gasteiger partial charge in [0.15, 0.2) is 0 Å². The molecular weight excluding hydrogens is 194 g/mol. The smallest absolute Gasteiger partial charge is 0.137 e. The molecule has 0 saturated carbocycles. The summed E-state index contributed by atoms with van der Waals surface area (Å²) >= 11 is 1.94. The van der Waals surface area contributed by atoms with Gasteiger partial charge in [0.05, 0.1) is 5.37 Å². The Bertz CT molecular complexity index is 251. The van der Waals surface area contributed by atoms with Crippen LogP contribution < -0.4 is 0 Å². The van der Waals surface area contributed by atoms with Crippen LogP contribution in [0, 0.1) is 0 Å². The summed E-state index contributed by atoms with van der Waals surface area (Å²) in [4.78, 5) is 3.99. The van der Waals surface area contributed by atoms with Crippen LogP contribution in [-0.2, 0) is 0 Å². The maximum Gasteiger partial charge on any atom is 0.137 e. The first kappa shape index (κ1) is 11.6. The third-order valence-corrected chi connectivity index (χ3v) is 3.19. The van der Waals surface area contributed by atoms with Crippen LogP contribution in [0.15, 0.2) is 12.7 Å². The van der Waals surface area contributed by atoms with E-state index in [1.54, 1.807) is 12.7 Å². The molecule has 1 aromatic heterocycles. The third kappa shape index (κ3) is 3.70. The minimum Gasteiger partial charge on any atom is -0.240 e. The Morgan fingerprint density at radius 3 is 2.57 bits per heavy atom. The Morgan fingerprint density at radius 2 is 2.14 bits per heavy atom. The number of hydrogen-bond acceptors (Lipinski definition) is 3. The van der Waals surface area contributed by atoms with E-state index < -0.39 is 0 Å². The van der Waals surface area contributed by atoms with Crippen LogP contribution in [0.4, 0.5) is 0 Å². The maximum atomic E-state index is 4.20.